The molecule has 2 atom stereocenters. The van der Waals surface area contributed by atoms with E-state index in [0.717, 1.165) is 16.1 Å². The van der Waals surface area contributed by atoms with Crippen molar-refractivity contribution in [1.29, 1.82) is 0 Å². The summed E-state index contributed by atoms with van der Waals surface area (Å²) in [6.07, 6.45) is 0. The number of ketones is 1. The molecule has 0 saturated carbocycles. The zero-order valence-electron chi connectivity index (χ0n) is 40.3. The average Bonchev–Trinajstić information content (AvgIpc) is 3.03. The molecule has 0 bridgehead atoms. The first kappa shape index (κ1) is 53.6. The van der Waals surface area contributed by atoms with Crippen LogP contribution in [0.2, 0.25) is 118 Å². The van der Waals surface area contributed by atoms with Crippen LogP contribution < -0.4 is 19.8 Å². The highest BCUT2D eigenvalue weighted by atomic mass is 28.5. The fourth-order valence-corrected chi connectivity index (χ4v) is 51.1. The molecule has 0 heterocycles. The van der Waals surface area contributed by atoms with Gasteiger partial charge in [-0.3, -0.25) is 4.79 Å². The lowest BCUT2D eigenvalue weighted by Crippen LogP contribution is -2.68. The fourth-order valence-electron chi connectivity index (χ4n) is 7.64. The molecule has 0 saturated heterocycles. The van der Waals surface area contributed by atoms with Gasteiger partial charge in [-0.25, -0.2) is 4.79 Å². The van der Waals surface area contributed by atoms with Crippen LogP contribution in [0.25, 0.3) is 0 Å². The molecule has 0 aliphatic rings. The van der Waals surface area contributed by atoms with Gasteiger partial charge in [0, 0.05) is 5.56 Å². The third-order valence-electron chi connectivity index (χ3n) is 8.58. The minimum absolute atomic E-state index is 0.0802. The quantitative estimate of drug-likeness (QED) is 0.0412. The van der Waals surface area contributed by atoms with Crippen LogP contribution in [0.5, 0.6) is 11.5 Å². The predicted octanol–water partition coefficient (Wildman–Crippen LogP) is 9.69. The molecule has 61 heavy (non-hydrogen) atoms. The zero-order chi connectivity index (χ0) is 46.7. The summed E-state index contributed by atoms with van der Waals surface area (Å²) < 4.78 is 67.4. The van der Waals surface area contributed by atoms with Gasteiger partial charge in [0.1, 0.15) is 11.5 Å². The zero-order valence-corrected chi connectivity index (χ0v) is 49.3. The molecule has 2 unspecified atom stereocenters. The highest BCUT2D eigenvalue weighted by Gasteiger charge is 2.54. The van der Waals surface area contributed by atoms with Crippen LogP contribution in [-0.4, -0.2) is 95.4 Å². The maximum atomic E-state index is 13.1. The third-order valence-corrected chi connectivity index (χ3v) is 42.1. The average molecular weight is 998 g/mol. The van der Waals surface area contributed by atoms with Crippen molar-refractivity contribution in [3.63, 3.8) is 0 Å². The summed E-state index contributed by atoms with van der Waals surface area (Å²) in [5.74, 6) is 0.458. The number of ether oxygens (including phenoxy) is 2. The van der Waals surface area contributed by atoms with Crippen LogP contribution in [-0.2, 0) is 32.9 Å². The molecule has 0 radical (unpaired) electrons. The first-order chi connectivity index (χ1) is 27.5. The number of rotatable bonds is 22. The van der Waals surface area contributed by atoms with Crippen LogP contribution in [0.15, 0.2) is 72.8 Å². The van der Waals surface area contributed by atoms with Crippen molar-refractivity contribution in [3.8, 4) is 11.5 Å². The molecule has 3 rings (SSSR count). The molecule has 3 aromatic carbocycles. The Balaban J connectivity index is 2.07. The third kappa shape index (κ3) is 17.6. The van der Waals surface area contributed by atoms with Gasteiger partial charge >= 0.3 is 65.9 Å². The second kappa shape index (κ2) is 19.8. The molecule has 0 fully saturated rings. The Labute approximate surface area is 375 Å². The first-order valence-electron chi connectivity index (χ1n) is 20.7. The Bertz CT molecular complexity index is 1950. The molecule has 340 valence electrons. The van der Waals surface area contributed by atoms with Gasteiger partial charge in [-0.2, -0.15) is 0 Å². The van der Waals surface area contributed by atoms with Crippen LogP contribution in [0.4, 0.5) is 0 Å². The van der Waals surface area contributed by atoms with Gasteiger partial charge in [0.2, 0.25) is 0 Å². The van der Waals surface area contributed by atoms with E-state index >= 15 is 0 Å². The highest BCUT2D eigenvalue weighted by Crippen LogP contribution is 2.31. The van der Waals surface area contributed by atoms with E-state index < -0.39 is 82.5 Å². The van der Waals surface area contributed by atoms with Gasteiger partial charge in [-0.1, -0.05) is 36.4 Å². The SMILES string of the molecule is COc1ccc([Si](C)(O[Si](C)(C)O[Si](C)(C)O[Si](C)(C)C)O[Si](C)(C)O[Si](C)(O[Si](C)(C)O[Si](C)(C)O[Si](C)(C)C)c2ccc(OC(=O)c3ccc(C(C)=O)cc3)cc2)cc1. The summed E-state index contributed by atoms with van der Waals surface area (Å²) in [5.41, 5.74) is 0.851. The smallest absolute Gasteiger partial charge is 0.351 e. The summed E-state index contributed by atoms with van der Waals surface area (Å²) in [7, 11) is -23.2. The van der Waals surface area contributed by atoms with Crippen molar-refractivity contribution in [2.75, 3.05) is 7.11 Å². The van der Waals surface area contributed by atoms with E-state index in [1.165, 1.54) is 6.92 Å². The van der Waals surface area contributed by atoms with E-state index in [4.69, 9.17) is 42.4 Å². The van der Waals surface area contributed by atoms with Crippen LogP contribution >= 0.6 is 0 Å². The number of Topliss-reactive ketones (excluding diaryl/α,β-unsaturated/α-hetero) is 1. The molecule has 21 heteroatoms. The minimum Gasteiger partial charge on any atom is -0.497 e. The number of benzene rings is 3. The van der Waals surface area contributed by atoms with Crippen LogP contribution in [0, 0.1) is 0 Å². The van der Waals surface area contributed by atoms with E-state index in [2.05, 4.69) is 85.1 Å². The van der Waals surface area contributed by atoms with Gasteiger partial charge in [0.15, 0.2) is 22.4 Å². The predicted molar refractivity (Wildman–Crippen MR) is 266 cm³/mol. The lowest BCUT2D eigenvalue weighted by Gasteiger charge is -2.46. The molecule has 0 aliphatic heterocycles. The van der Waals surface area contributed by atoms with E-state index in [1.807, 2.05) is 69.1 Å². The van der Waals surface area contributed by atoms with Gasteiger partial charge in [0.05, 0.1) is 12.7 Å². The Morgan fingerprint density at radius 2 is 0.672 bits per heavy atom. The standard InChI is InChI=1S/C40H72O12Si9/c1-33(41)34-21-23-35(24-22-34)40(42)44-37-27-31-39(32-28-37)61(20,50-58(15,16)48-56(11,12)46-54(6,7)8)52-59(17,18)51-60(19,38-29-25-36(43-2)26-30-38)49-57(13,14)47-55(9,10)45-53(3,4)5/h21-32H,1-20H3. The monoisotopic (exact) mass is 996 g/mol. The fraction of sp³-hybridized carbons (Fsp3) is 0.500. The molecule has 3 aromatic rings. The van der Waals surface area contributed by atoms with Crippen molar-refractivity contribution in [3.05, 3.63) is 83.9 Å². The topological polar surface area (TPSA) is 126 Å². The summed E-state index contributed by atoms with van der Waals surface area (Å²) in [5, 5.41) is 1.72. The normalized spacial score (nSPS) is 15.5. The summed E-state index contributed by atoms with van der Waals surface area (Å²) in [6.45, 7) is 39.1. The van der Waals surface area contributed by atoms with E-state index in [-0.39, 0.29) is 5.78 Å². The minimum atomic E-state index is -3.44. The van der Waals surface area contributed by atoms with E-state index in [0.29, 0.717) is 16.9 Å². The molecule has 0 N–H and O–H groups in total. The number of carbonyl (C=O) groups is 2. The maximum absolute atomic E-state index is 13.1. The Kier molecular flexibility index (Phi) is 17.4. The largest absolute Gasteiger partial charge is 0.497 e. The molecular weight excluding hydrogens is 925 g/mol. The van der Waals surface area contributed by atoms with Crippen molar-refractivity contribution < 1.29 is 52.0 Å². The second-order valence-electron chi connectivity index (χ2n) is 19.7. The number of hydrogen-bond acceptors (Lipinski definition) is 12. The summed E-state index contributed by atoms with van der Waals surface area (Å²) >= 11 is 0. The maximum Gasteiger partial charge on any atom is 0.351 e. The van der Waals surface area contributed by atoms with E-state index in [9.17, 15) is 9.59 Å². The van der Waals surface area contributed by atoms with Gasteiger partial charge in [-0.15, -0.1) is 0 Å². The molecule has 0 amide bonds. The molecular formula is C40H72O12Si9. The number of methoxy groups -OCH3 is 1. The van der Waals surface area contributed by atoms with E-state index in [1.54, 1.807) is 43.5 Å². The van der Waals surface area contributed by atoms with Gasteiger partial charge in [-0.05, 0) is 172 Å². The molecule has 12 nitrogen and oxygen atoms in total. The van der Waals surface area contributed by atoms with Crippen molar-refractivity contribution >= 4 is 98.7 Å². The molecule has 0 spiro atoms. The van der Waals surface area contributed by atoms with Crippen LogP contribution in [0.1, 0.15) is 27.6 Å². The summed E-state index contributed by atoms with van der Waals surface area (Å²) in [4.78, 5) is 24.9. The van der Waals surface area contributed by atoms with Crippen molar-refractivity contribution in [1.82, 2.24) is 0 Å². The Hall–Kier alpha value is -1.77. The van der Waals surface area contributed by atoms with Crippen molar-refractivity contribution in [2.24, 2.45) is 0 Å². The lowest BCUT2D eigenvalue weighted by molar-refractivity contribution is 0.0734. The lowest BCUT2D eigenvalue weighted by atomic mass is 10.1. The van der Waals surface area contributed by atoms with Gasteiger partial charge in [0.25, 0.3) is 0 Å². The number of hydrogen-bond donors (Lipinski definition) is 0. The summed E-state index contributed by atoms with van der Waals surface area (Å²) in [6, 6.07) is 21.5. The molecule has 0 aliphatic carbocycles. The second-order valence-corrected chi connectivity index (χ2v) is 53.6. The number of carbonyl (C=O) groups excluding carboxylic acids is 2. The highest BCUT2D eigenvalue weighted by molar-refractivity contribution is 6.98. The Morgan fingerprint density at radius 1 is 0.377 bits per heavy atom. The van der Waals surface area contributed by atoms with Gasteiger partial charge < -0.3 is 42.4 Å². The first-order valence-corrected chi connectivity index (χ1v) is 46.2. The van der Waals surface area contributed by atoms with Crippen molar-refractivity contribution in [2.45, 2.75) is 125 Å². The number of esters is 1. The molecule has 0 aromatic heterocycles. The Morgan fingerprint density at radius 3 is 0.984 bits per heavy atom. The van der Waals surface area contributed by atoms with Crippen LogP contribution in [0.3, 0.4) is 0 Å².